The molecule has 1 saturated heterocycles. The molecule has 0 radical (unpaired) electrons. The van der Waals surface area contributed by atoms with E-state index in [1.807, 2.05) is 0 Å². The van der Waals surface area contributed by atoms with Gasteiger partial charge in [-0.3, -0.25) is 0 Å². The summed E-state index contributed by atoms with van der Waals surface area (Å²) in [7, 11) is 0. The molecule has 10 heavy (non-hydrogen) atoms. The monoisotopic (exact) mass is 142 g/mol. The van der Waals surface area contributed by atoms with Gasteiger partial charge in [-0.05, 0) is 38.3 Å². The van der Waals surface area contributed by atoms with Gasteiger partial charge in [0.2, 0.25) is 0 Å². The van der Waals surface area contributed by atoms with Crippen LogP contribution in [0.2, 0.25) is 0 Å². The standard InChI is InChI=1S/C8H18N2/c1-2-8(9)5-7-3-4-10-6-7/h7-8,10H,2-6,9H2,1H3. The summed E-state index contributed by atoms with van der Waals surface area (Å²) >= 11 is 0. The average molecular weight is 142 g/mol. The molecule has 0 saturated carbocycles. The first-order valence-electron chi connectivity index (χ1n) is 4.29. The van der Waals surface area contributed by atoms with E-state index in [1.54, 1.807) is 0 Å². The molecule has 3 N–H and O–H groups in total. The van der Waals surface area contributed by atoms with E-state index >= 15 is 0 Å². The molecule has 0 aromatic carbocycles. The molecule has 2 atom stereocenters. The number of nitrogens with one attached hydrogen (secondary N) is 1. The Morgan fingerprint density at radius 3 is 3.00 bits per heavy atom. The van der Waals surface area contributed by atoms with Crippen LogP contribution in [0.4, 0.5) is 0 Å². The summed E-state index contributed by atoms with van der Waals surface area (Å²) in [5, 5.41) is 3.35. The highest BCUT2D eigenvalue weighted by Gasteiger charge is 2.16. The van der Waals surface area contributed by atoms with Crippen molar-refractivity contribution < 1.29 is 0 Å². The second-order valence-corrected chi connectivity index (χ2v) is 3.26. The Balaban J connectivity index is 2.11. The minimum Gasteiger partial charge on any atom is -0.328 e. The number of hydrogen-bond acceptors (Lipinski definition) is 2. The van der Waals surface area contributed by atoms with Crippen molar-refractivity contribution in [3.05, 3.63) is 0 Å². The van der Waals surface area contributed by atoms with Gasteiger partial charge < -0.3 is 11.1 Å². The van der Waals surface area contributed by atoms with Gasteiger partial charge in [-0.1, -0.05) is 6.92 Å². The number of hydrogen-bond donors (Lipinski definition) is 2. The molecule has 0 spiro atoms. The third-order valence-corrected chi connectivity index (χ3v) is 2.32. The Kier molecular flexibility index (Phi) is 3.16. The van der Waals surface area contributed by atoms with Crippen LogP contribution in [0, 0.1) is 5.92 Å². The maximum absolute atomic E-state index is 5.82. The molecule has 2 heteroatoms. The molecule has 0 amide bonds. The zero-order chi connectivity index (χ0) is 7.40. The summed E-state index contributed by atoms with van der Waals surface area (Å²) in [4.78, 5) is 0. The Morgan fingerprint density at radius 2 is 2.50 bits per heavy atom. The zero-order valence-electron chi connectivity index (χ0n) is 6.77. The quantitative estimate of drug-likeness (QED) is 0.609. The van der Waals surface area contributed by atoms with Crippen LogP contribution >= 0.6 is 0 Å². The van der Waals surface area contributed by atoms with Gasteiger partial charge in [0.15, 0.2) is 0 Å². The fourth-order valence-corrected chi connectivity index (χ4v) is 1.51. The molecule has 2 nitrogen and oxygen atoms in total. The van der Waals surface area contributed by atoms with Crippen molar-refractivity contribution in [2.45, 2.75) is 32.2 Å². The van der Waals surface area contributed by atoms with Crippen LogP contribution in [-0.2, 0) is 0 Å². The van der Waals surface area contributed by atoms with Crippen LogP contribution in [0.5, 0.6) is 0 Å². The summed E-state index contributed by atoms with van der Waals surface area (Å²) in [5.74, 6) is 0.856. The number of rotatable bonds is 3. The predicted octanol–water partition coefficient (Wildman–Crippen LogP) is 0.723. The topological polar surface area (TPSA) is 38.0 Å². The molecule has 0 bridgehead atoms. The van der Waals surface area contributed by atoms with E-state index in [0.717, 1.165) is 12.3 Å². The molecular weight excluding hydrogens is 124 g/mol. The van der Waals surface area contributed by atoms with E-state index in [2.05, 4.69) is 12.2 Å². The van der Waals surface area contributed by atoms with Gasteiger partial charge in [-0.2, -0.15) is 0 Å². The van der Waals surface area contributed by atoms with E-state index in [1.165, 1.54) is 25.9 Å². The number of nitrogens with two attached hydrogens (primary N) is 1. The summed E-state index contributed by atoms with van der Waals surface area (Å²) in [5.41, 5.74) is 5.82. The first kappa shape index (κ1) is 8.02. The molecule has 1 rings (SSSR count). The van der Waals surface area contributed by atoms with Crippen LogP contribution in [-0.4, -0.2) is 19.1 Å². The van der Waals surface area contributed by atoms with E-state index in [-0.39, 0.29) is 0 Å². The van der Waals surface area contributed by atoms with Crippen molar-refractivity contribution in [1.82, 2.24) is 5.32 Å². The van der Waals surface area contributed by atoms with Crippen molar-refractivity contribution in [2.24, 2.45) is 11.7 Å². The van der Waals surface area contributed by atoms with Crippen molar-refractivity contribution in [1.29, 1.82) is 0 Å². The van der Waals surface area contributed by atoms with Crippen LogP contribution < -0.4 is 11.1 Å². The highest BCUT2D eigenvalue weighted by molar-refractivity contribution is 4.75. The second-order valence-electron chi connectivity index (χ2n) is 3.26. The van der Waals surface area contributed by atoms with Gasteiger partial charge in [0.05, 0.1) is 0 Å². The van der Waals surface area contributed by atoms with Crippen LogP contribution in [0.25, 0.3) is 0 Å². The minimum atomic E-state index is 0.435. The smallest absolute Gasteiger partial charge is 0.00393 e. The molecule has 1 fully saturated rings. The normalized spacial score (nSPS) is 28.8. The minimum absolute atomic E-state index is 0.435. The second kappa shape index (κ2) is 3.94. The van der Waals surface area contributed by atoms with Crippen LogP contribution in [0.15, 0.2) is 0 Å². The van der Waals surface area contributed by atoms with E-state index in [9.17, 15) is 0 Å². The van der Waals surface area contributed by atoms with E-state index < -0.39 is 0 Å². The van der Waals surface area contributed by atoms with Gasteiger partial charge >= 0.3 is 0 Å². The Bertz CT molecular complexity index is 87.3. The van der Waals surface area contributed by atoms with Gasteiger partial charge in [0.1, 0.15) is 0 Å². The van der Waals surface area contributed by atoms with Crippen LogP contribution in [0.1, 0.15) is 26.2 Å². The lowest BCUT2D eigenvalue weighted by atomic mass is 9.98. The lowest BCUT2D eigenvalue weighted by molar-refractivity contribution is 0.455. The Hall–Kier alpha value is -0.0800. The van der Waals surface area contributed by atoms with Crippen molar-refractivity contribution in [3.8, 4) is 0 Å². The molecule has 60 valence electrons. The summed E-state index contributed by atoms with van der Waals surface area (Å²) in [6.07, 6.45) is 3.66. The molecule has 1 aliphatic heterocycles. The van der Waals surface area contributed by atoms with Gasteiger partial charge in [0, 0.05) is 6.04 Å². The van der Waals surface area contributed by atoms with E-state index in [0.29, 0.717) is 6.04 Å². The molecule has 0 aliphatic carbocycles. The van der Waals surface area contributed by atoms with Crippen LogP contribution in [0.3, 0.4) is 0 Å². The largest absolute Gasteiger partial charge is 0.328 e. The third-order valence-electron chi connectivity index (χ3n) is 2.32. The molecule has 1 aliphatic rings. The fourth-order valence-electron chi connectivity index (χ4n) is 1.51. The molecule has 0 aromatic heterocycles. The predicted molar refractivity (Wildman–Crippen MR) is 43.9 cm³/mol. The summed E-state index contributed by atoms with van der Waals surface area (Å²) in [6, 6.07) is 0.435. The van der Waals surface area contributed by atoms with Gasteiger partial charge in [-0.15, -0.1) is 0 Å². The SMILES string of the molecule is CCC(N)CC1CCNC1. The molecule has 1 heterocycles. The highest BCUT2D eigenvalue weighted by Crippen LogP contribution is 2.14. The average Bonchev–Trinajstić information content (AvgIpc) is 2.40. The zero-order valence-corrected chi connectivity index (χ0v) is 6.77. The summed E-state index contributed by atoms with van der Waals surface area (Å²) in [6.45, 7) is 4.54. The summed E-state index contributed by atoms with van der Waals surface area (Å²) < 4.78 is 0. The fraction of sp³-hybridized carbons (Fsp3) is 1.00. The first-order chi connectivity index (χ1) is 4.83. The Labute approximate surface area is 63.2 Å². The molecular formula is C8H18N2. The lowest BCUT2D eigenvalue weighted by Crippen LogP contribution is -2.23. The van der Waals surface area contributed by atoms with Crippen molar-refractivity contribution >= 4 is 0 Å². The highest BCUT2D eigenvalue weighted by atomic mass is 14.9. The lowest BCUT2D eigenvalue weighted by Gasteiger charge is -2.12. The van der Waals surface area contributed by atoms with E-state index in [4.69, 9.17) is 5.73 Å². The maximum atomic E-state index is 5.82. The molecule has 2 unspecified atom stereocenters. The maximum Gasteiger partial charge on any atom is 0.00393 e. The van der Waals surface area contributed by atoms with Crippen molar-refractivity contribution in [3.63, 3.8) is 0 Å². The van der Waals surface area contributed by atoms with Crippen molar-refractivity contribution in [2.75, 3.05) is 13.1 Å². The first-order valence-corrected chi connectivity index (χ1v) is 4.29. The van der Waals surface area contributed by atoms with Gasteiger partial charge in [-0.25, -0.2) is 0 Å². The third kappa shape index (κ3) is 2.27. The molecule has 0 aromatic rings. The Morgan fingerprint density at radius 1 is 1.70 bits per heavy atom. The van der Waals surface area contributed by atoms with Gasteiger partial charge in [0.25, 0.3) is 0 Å².